The molecule has 2 atom stereocenters. The molecule has 1 saturated heterocycles. The summed E-state index contributed by atoms with van der Waals surface area (Å²) in [5.74, 6) is 0.297. The van der Waals surface area contributed by atoms with E-state index in [1.165, 1.54) is 11.9 Å². The molecule has 0 aromatic carbocycles. The zero-order valence-corrected chi connectivity index (χ0v) is 18.5. The Balaban J connectivity index is 1.76. The van der Waals surface area contributed by atoms with Crippen LogP contribution in [0.15, 0.2) is 12.3 Å². The number of carbonyl (C=O) groups excluding carboxylic acids is 2. The zero-order chi connectivity index (χ0) is 22.0. The summed E-state index contributed by atoms with van der Waals surface area (Å²) in [5.41, 5.74) is 1.88. The van der Waals surface area contributed by atoms with Crippen molar-refractivity contribution in [2.45, 2.75) is 57.2 Å². The van der Waals surface area contributed by atoms with Crippen LogP contribution in [0.1, 0.15) is 63.9 Å². The van der Waals surface area contributed by atoms with Crippen LogP contribution in [0, 0.1) is 5.21 Å². The molecule has 11 heteroatoms. The Labute approximate surface area is 177 Å². The number of nitrogens with zero attached hydrogens (tertiary/aromatic N) is 6. The summed E-state index contributed by atoms with van der Waals surface area (Å²) in [4.78, 5) is 31.6. The molecule has 0 spiro atoms. The third-order valence-corrected chi connectivity index (χ3v) is 7.04. The van der Waals surface area contributed by atoms with E-state index in [4.69, 9.17) is 0 Å². The Bertz CT molecular complexity index is 1010. The molecule has 162 valence electrons. The van der Waals surface area contributed by atoms with Crippen molar-refractivity contribution in [3.63, 3.8) is 0 Å². The lowest BCUT2D eigenvalue weighted by Crippen LogP contribution is -2.41. The van der Waals surface area contributed by atoms with E-state index in [1.807, 2.05) is 12.3 Å². The summed E-state index contributed by atoms with van der Waals surface area (Å²) < 4.78 is 13.9. The summed E-state index contributed by atoms with van der Waals surface area (Å²) >= 11 is -1.79. The second-order valence-electron chi connectivity index (χ2n) is 8.82. The first-order valence-corrected chi connectivity index (χ1v) is 11.0. The molecule has 1 unspecified atom stereocenters. The predicted molar refractivity (Wildman–Crippen MR) is 112 cm³/mol. The highest BCUT2D eigenvalue weighted by molar-refractivity contribution is 7.90. The summed E-state index contributed by atoms with van der Waals surface area (Å²) in [6, 6.07) is 0.607. The molecule has 2 aromatic rings. The van der Waals surface area contributed by atoms with Gasteiger partial charge in [-0.3, -0.25) is 14.6 Å². The molecule has 0 N–H and O–H groups in total. The van der Waals surface area contributed by atoms with Gasteiger partial charge in [-0.1, -0.05) is 0 Å². The highest BCUT2D eigenvalue weighted by Crippen LogP contribution is 2.42. The van der Waals surface area contributed by atoms with E-state index in [2.05, 4.69) is 10.1 Å². The lowest BCUT2D eigenvalue weighted by atomic mass is 10.1. The fourth-order valence-electron chi connectivity index (χ4n) is 3.31. The van der Waals surface area contributed by atoms with Crippen molar-refractivity contribution in [1.29, 1.82) is 0 Å². The average Bonchev–Trinajstić information content (AvgIpc) is 3.40. The Morgan fingerprint density at radius 3 is 2.50 bits per heavy atom. The van der Waals surface area contributed by atoms with E-state index < -0.39 is 28.2 Å². The van der Waals surface area contributed by atoms with Gasteiger partial charge in [0.15, 0.2) is 11.5 Å². The molecular formula is C19H25N6O4S-. The number of pyridine rings is 1. The minimum Gasteiger partial charge on any atom is -0.743 e. The van der Waals surface area contributed by atoms with Crippen LogP contribution in [0.25, 0.3) is 5.65 Å². The van der Waals surface area contributed by atoms with Crippen LogP contribution < -0.4 is 4.90 Å². The number of hydrogen-bond acceptors (Lipinski definition) is 7. The lowest BCUT2D eigenvalue weighted by Gasteiger charge is -2.38. The van der Waals surface area contributed by atoms with Gasteiger partial charge in [-0.05, 0) is 58.1 Å². The summed E-state index contributed by atoms with van der Waals surface area (Å²) in [6.45, 7) is 6.71. The van der Waals surface area contributed by atoms with Crippen molar-refractivity contribution in [2.75, 3.05) is 18.5 Å². The van der Waals surface area contributed by atoms with E-state index in [-0.39, 0.29) is 18.3 Å². The van der Waals surface area contributed by atoms with Crippen LogP contribution in [0.4, 0.5) is 10.5 Å². The van der Waals surface area contributed by atoms with Gasteiger partial charge in [0, 0.05) is 24.6 Å². The van der Waals surface area contributed by atoms with Gasteiger partial charge in [-0.15, -0.1) is 5.10 Å². The van der Waals surface area contributed by atoms with Crippen LogP contribution in [0.3, 0.4) is 0 Å². The second-order valence-corrected chi connectivity index (χ2v) is 10.9. The normalized spacial score (nSPS) is 20.0. The number of amides is 3. The van der Waals surface area contributed by atoms with Gasteiger partial charge in [0.05, 0.1) is 5.69 Å². The van der Waals surface area contributed by atoms with Gasteiger partial charge in [-0.2, -0.15) is 4.47 Å². The summed E-state index contributed by atoms with van der Waals surface area (Å²) in [7, 11) is 1.45. The number of aromatic nitrogens is 3. The highest BCUT2D eigenvalue weighted by Gasteiger charge is 2.37. The van der Waals surface area contributed by atoms with E-state index in [1.54, 1.807) is 32.2 Å². The zero-order valence-electron chi connectivity index (χ0n) is 17.7. The summed E-state index contributed by atoms with van der Waals surface area (Å²) in [5, 5.41) is 17.1. The van der Waals surface area contributed by atoms with Gasteiger partial charge in [0.2, 0.25) is 5.91 Å². The fourth-order valence-corrected chi connectivity index (χ4v) is 4.23. The van der Waals surface area contributed by atoms with Crippen molar-refractivity contribution in [2.24, 2.45) is 0 Å². The summed E-state index contributed by atoms with van der Waals surface area (Å²) in [6.07, 6.45) is 3.95. The first-order chi connectivity index (χ1) is 14.0. The maximum Gasteiger partial charge on any atom is 0.331 e. The Hall–Kier alpha value is -2.21. The third kappa shape index (κ3) is 3.55. The number of imide groups is 1. The van der Waals surface area contributed by atoms with Crippen molar-refractivity contribution < 1.29 is 14.1 Å². The molecule has 30 heavy (non-hydrogen) atoms. The smallest absolute Gasteiger partial charge is 0.331 e. The number of carbonyl (C=O) groups is 2. The SMILES string of the molecule is C[C@@H](c1nc2c(N3CC(=O)N(C)C3=O)cc(C3CC3)cn2n1)N([O-])[S+]([O-])C(C)(C)C. The number of anilines is 1. The number of likely N-dealkylation sites (N-methyl/N-ethyl adjacent to an activating group) is 1. The van der Waals surface area contributed by atoms with E-state index in [0.717, 1.165) is 23.3 Å². The maximum absolute atomic E-state index is 12.6. The van der Waals surface area contributed by atoms with Crippen molar-refractivity contribution in [3.8, 4) is 0 Å². The number of rotatable bonds is 5. The van der Waals surface area contributed by atoms with Gasteiger partial charge in [0.1, 0.15) is 17.3 Å². The number of hydroxylamine groups is 1. The molecular weight excluding hydrogens is 408 g/mol. The third-order valence-electron chi connectivity index (χ3n) is 5.35. The standard InChI is InChI=1S/C19H25N6O4S/c1-11(25(28)30(29)19(2,3)4)16-20-17-14(23-10-15(26)22(5)18(23)27)8-13(12-6-7-12)9-24(17)21-16/h8-9,11-12H,6-7,10H2,1-5H3/q-1/t11-,30?/m0/s1. The highest BCUT2D eigenvalue weighted by atomic mass is 32.2. The first kappa shape index (κ1) is 21.0. The molecule has 1 saturated carbocycles. The molecule has 0 radical (unpaired) electrons. The second kappa shape index (κ2) is 7.19. The Morgan fingerprint density at radius 2 is 1.97 bits per heavy atom. The van der Waals surface area contributed by atoms with Crippen molar-refractivity contribution in [1.82, 2.24) is 24.0 Å². The molecule has 2 aromatic heterocycles. The van der Waals surface area contributed by atoms with Crippen molar-refractivity contribution in [3.05, 3.63) is 28.9 Å². The largest absolute Gasteiger partial charge is 0.743 e. The molecule has 1 aliphatic heterocycles. The molecule has 4 rings (SSSR count). The van der Waals surface area contributed by atoms with Gasteiger partial charge in [-0.25, -0.2) is 14.3 Å². The van der Waals surface area contributed by atoms with Crippen LogP contribution in [-0.4, -0.2) is 58.8 Å². The quantitative estimate of drug-likeness (QED) is 0.403. The predicted octanol–water partition coefficient (Wildman–Crippen LogP) is 2.33. The molecule has 3 amide bonds. The molecule has 1 aliphatic carbocycles. The fraction of sp³-hybridized carbons (Fsp3) is 0.579. The number of hydrogen-bond donors (Lipinski definition) is 0. The number of urea groups is 1. The van der Waals surface area contributed by atoms with Crippen molar-refractivity contribution >= 4 is 34.6 Å². The van der Waals surface area contributed by atoms with Gasteiger partial charge >= 0.3 is 6.03 Å². The minimum absolute atomic E-state index is 0.0709. The molecule has 0 bridgehead atoms. The van der Waals surface area contributed by atoms with E-state index in [0.29, 0.717) is 21.7 Å². The monoisotopic (exact) mass is 433 g/mol. The Morgan fingerprint density at radius 1 is 1.30 bits per heavy atom. The van der Waals surface area contributed by atoms with Gasteiger partial charge < -0.3 is 9.76 Å². The lowest BCUT2D eigenvalue weighted by molar-refractivity contribution is -0.123. The number of fused-ring (bicyclic) bond motifs is 1. The van der Waals surface area contributed by atoms with Gasteiger partial charge in [0.25, 0.3) is 0 Å². The molecule has 2 aliphatic rings. The van der Waals surface area contributed by atoms with Crippen LogP contribution in [0.2, 0.25) is 0 Å². The van der Waals surface area contributed by atoms with Crippen LogP contribution in [-0.2, 0) is 16.2 Å². The molecule has 10 nitrogen and oxygen atoms in total. The van der Waals surface area contributed by atoms with Crippen LogP contribution in [0.5, 0.6) is 0 Å². The minimum atomic E-state index is -1.79. The molecule has 2 fully saturated rings. The topological polar surface area (TPSA) is 120 Å². The first-order valence-electron chi connectivity index (χ1n) is 9.85. The van der Waals surface area contributed by atoms with Crippen LogP contribution >= 0.6 is 0 Å². The average molecular weight is 434 g/mol. The maximum atomic E-state index is 12.6. The van der Waals surface area contributed by atoms with E-state index in [9.17, 15) is 19.3 Å². The van der Waals surface area contributed by atoms with E-state index >= 15 is 0 Å². The molecule has 3 heterocycles. The Kier molecular flexibility index (Phi) is 5.04.